The zero-order valence-corrected chi connectivity index (χ0v) is 14.1. The number of alkyl halides is 3. The summed E-state index contributed by atoms with van der Waals surface area (Å²) in [4.78, 5) is 24.0. The van der Waals surface area contributed by atoms with E-state index in [1.165, 1.54) is 19.1 Å². The summed E-state index contributed by atoms with van der Waals surface area (Å²) in [5.74, 6) is -0.444. The minimum atomic E-state index is -4.45. The maximum atomic E-state index is 12.8. The number of hydrogen-bond acceptors (Lipinski definition) is 3. The normalized spacial score (nSPS) is 15.4. The summed E-state index contributed by atoms with van der Waals surface area (Å²) >= 11 is 0. The molecule has 1 unspecified atom stereocenters. The number of carbonyl (C=O) groups excluding carboxylic acids is 2. The van der Waals surface area contributed by atoms with Crippen molar-refractivity contribution in [1.29, 1.82) is 0 Å². The molecule has 1 saturated carbocycles. The molecule has 1 aromatic carbocycles. The number of halogens is 3. The third kappa shape index (κ3) is 6.28. The van der Waals surface area contributed by atoms with E-state index in [-0.39, 0.29) is 11.8 Å². The smallest absolute Gasteiger partial charge is 0.406 e. The lowest BCUT2D eigenvalue weighted by atomic mass is 10.2. The third-order valence-corrected chi connectivity index (χ3v) is 4.00. The van der Waals surface area contributed by atoms with Crippen molar-refractivity contribution in [2.45, 2.75) is 38.9 Å². The summed E-state index contributed by atoms with van der Waals surface area (Å²) in [5.41, 5.74) is 0.562. The molecule has 8 heteroatoms. The van der Waals surface area contributed by atoms with Crippen LogP contribution in [-0.2, 0) is 9.59 Å². The number of carbonyl (C=O) groups is 2. The molecule has 1 aromatic rings. The number of anilines is 1. The molecule has 0 spiro atoms. The minimum Gasteiger partial charge on any atom is -0.484 e. The molecule has 1 aliphatic rings. The van der Waals surface area contributed by atoms with Gasteiger partial charge in [0.1, 0.15) is 12.3 Å². The number of ether oxygens (including phenoxy) is 1. The van der Waals surface area contributed by atoms with Gasteiger partial charge in [0.05, 0.1) is 0 Å². The lowest BCUT2D eigenvalue weighted by molar-refractivity contribution is -0.167. The minimum absolute atomic E-state index is 0.128. The Kier molecular flexibility index (Phi) is 5.92. The van der Waals surface area contributed by atoms with Crippen molar-refractivity contribution in [3.63, 3.8) is 0 Å². The lowest BCUT2D eigenvalue weighted by Gasteiger charge is -2.30. The van der Waals surface area contributed by atoms with Crippen LogP contribution in [0.3, 0.4) is 0 Å². The van der Waals surface area contributed by atoms with Gasteiger partial charge in [0.2, 0.25) is 5.91 Å². The monoisotopic (exact) mass is 358 g/mol. The van der Waals surface area contributed by atoms with Crippen molar-refractivity contribution in [1.82, 2.24) is 4.90 Å². The van der Waals surface area contributed by atoms with E-state index in [2.05, 4.69) is 5.32 Å². The SMILES string of the molecule is CC(=O)Nc1ccc(OCC(=O)N(CC(F)(F)F)C(C)C2CC2)cc1. The fourth-order valence-corrected chi connectivity index (χ4v) is 2.55. The van der Waals surface area contributed by atoms with Crippen LogP contribution in [-0.4, -0.2) is 42.1 Å². The molecule has 0 radical (unpaired) electrons. The Hall–Kier alpha value is -2.25. The van der Waals surface area contributed by atoms with Crippen LogP contribution in [0.15, 0.2) is 24.3 Å². The van der Waals surface area contributed by atoms with Gasteiger partial charge in [-0.05, 0) is 49.9 Å². The zero-order chi connectivity index (χ0) is 18.6. The van der Waals surface area contributed by atoms with Gasteiger partial charge in [0.25, 0.3) is 5.91 Å². The van der Waals surface area contributed by atoms with Gasteiger partial charge in [0, 0.05) is 18.7 Å². The summed E-state index contributed by atoms with van der Waals surface area (Å²) in [6.07, 6.45) is -2.76. The summed E-state index contributed by atoms with van der Waals surface area (Å²) in [6.45, 7) is 1.28. The quantitative estimate of drug-likeness (QED) is 0.814. The predicted octanol–water partition coefficient (Wildman–Crippen LogP) is 3.21. The third-order valence-electron chi connectivity index (χ3n) is 4.00. The highest BCUT2D eigenvalue weighted by atomic mass is 19.4. The van der Waals surface area contributed by atoms with Crippen molar-refractivity contribution in [2.24, 2.45) is 5.92 Å². The van der Waals surface area contributed by atoms with Gasteiger partial charge in [-0.15, -0.1) is 0 Å². The molecule has 138 valence electrons. The van der Waals surface area contributed by atoms with Crippen LogP contribution in [0, 0.1) is 5.92 Å². The van der Waals surface area contributed by atoms with Crippen LogP contribution in [0.1, 0.15) is 26.7 Å². The highest BCUT2D eigenvalue weighted by Gasteiger charge is 2.40. The molecule has 1 aliphatic carbocycles. The van der Waals surface area contributed by atoms with E-state index >= 15 is 0 Å². The lowest BCUT2D eigenvalue weighted by Crippen LogP contribution is -2.47. The van der Waals surface area contributed by atoms with E-state index in [1.54, 1.807) is 19.1 Å². The molecular formula is C17H21F3N2O3. The predicted molar refractivity (Wildman–Crippen MR) is 86.2 cm³/mol. The second-order valence-electron chi connectivity index (χ2n) is 6.21. The summed E-state index contributed by atoms with van der Waals surface area (Å²) in [6, 6.07) is 5.79. The Morgan fingerprint density at radius 3 is 2.36 bits per heavy atom. The van der Waals surface area contributed by atoms with Crippen LogP contribution >= 0.6 is 0 Å². The van der Waals surface area contributed by atoms with Gasteiger partial charge >= 0.3 is 6.18 Å². The van der Waals surface area contributed by atoms with Gasteiger partial charge in [-0.25, -0.2) is 0 Å². The standard InChI is InChI=1S/C17H21F3N2O3/c1-11(13-3-4-13)22(10-17(18,19)20)16(24)9-25-15-7-5-14(6-8-15)21-12(2)23/h5-8,11,13H,3-4,9-10H2,1-2H3,(H,21,23). The molecule has 5 nitrogen and oxygen atoms in total. The van der Waals surface area contributed by atoms with E-state index < -0.39 is 31.3 Å². The van der Waals surface area contributed by atoms with Crippen LogP contribution < -0.4 is 10.1 Å². The number of rotatable bonds is 7. The Balaban J connectivity index is 1.94. The van der Waals surface area contributed by atoms with Gasteiger partial charge in [-0.3, -0.25) is 9.59 Å². The number of amides is 2. The van der Waals surface area contributed by atoms with Crippen LogP contribution in [0.2, 0.25) is 0 Å². The Bertz CT molecular complexity index is 613. The largest absolute Gasteiger partial charge is 0.484 e. The molecule has 1 fully saturated rings. The van der Waals surface area contributed by atoms with Crippen LogP contribution in [0.25, 0.3) is 0 Å². The first-order valence-electron chi connectivity index (χ1n) is 8.02. The topological polar surface area (TPSA) is 58.6 Å². The Morgan fingerprint density at radius 1 is 1.28 bits per heavy atom. The highest BCUT2D eigenvalue weighted by molar-refractivity contribution is 5.88. The van der Waals surface area contributed by atoms with E-state index in [4.69, 9.17) is 4.74 Å². The van der Waals surface area contributed by atoms with Crippen molar-refractivity contribution < 1.29 is 27.5 Å². The number of benzene rings is 1. The maximum absolute atomic E-state index is 12.8. The second-order valence-corrected chi connectivity index (χ2v) is 6.21. The molecule has 1 atom stereocenters. The molecule has 0 bridgehead atoms. The number of hydrogen-bond donors (Lipinski definition) is 1. The average Bonchev–Trinajstić information content (AvgIpc) is 3.34. The van der Waals surface area contributed by atoms with Crippen molar-refractivity contribution in [2.75, 3.05) is 18.5 Å². The fourth-order valence-electron chi connectivity index (χ4n) is 2.55. The van der Waals surface area contributed by atoms with Gasteiger partial charge in [0.15, 0.2) is 6.61 Å². The van der Waals surface area contributed by atoms with Crippen LogP contribution in [0.4, 0.5) is 18.9 Å². The van der Waals surface area contributed by atoms with E-state index in [9.17, 15) is 22.8 Å². The molecule has 0 saturated heterocycles. The van der Waals surface area contributed by atoms with E-state index in [1.807, 2.05) is 0 Å². The first-order chi connectivity index (χ1) is 11.7. The molecule has 25 heavy (non-hydrogen) atoms. The van der Waals surface area contributed by atoms with Crippen molar-refractivity contribution in [3.8, 4) is 5.75 Å². The van der Waals surface area contributed by atoms with Crippen molar-refractivity contribution in [3.05, 3.63) is 24.3 Å². The summed E-state index contributed by atoms with van der Waals surface area (Å²) in [5, 5.41) is 2.58. The van der Waals surface area contributed by atoms with Crippen LogP contribution in [0.5, 0.6) is 5.75 Å². The van der Waals surface area contributed by atoms with E-state index in [0.29, 0.717) is 11.4 Å². The first-order valence-corrected chi connectivity index (χ1v) is 8.02. The molecule has 0 aliphatic heterocycles. The summed E-state index contributed by atoms with van der Waals surface area (Å²) in [7, 11) is 0. The highest BCUT2D eigenvalue weighted by Crippen LogP contribution is 2.36. The zero-order valence-electron chi connectivity index (χ0n) is 14.1. The van der Waals surface area contributed by atoms with Crippen molar-refractivity contribution >= 4 is 17.5 Å². The molecule has 2 amide bonds. The van der Waals surface area contributed by atoms with E-state index in [0.717, 1.165) is 17.7 Å². The van der Waals surface area contributed by atoms with Gasteiger partial charge in [-0.2, -0.15) is 13.2 Å². The second kappa shape index (κ2) is 7.76. The number of nitrogens with one attached hydrogen (secondary N) is 1. The first kappa shape index (κ1) is 19.1. The average molecular weight is 358 g/mol. The molecule has 2 rings (SSSR count). The Labute approximate surface area is 144 Å². The summed E-state index contributed by atoms with van der Waals surface area (Å²) < 4.78 is 43.6. The maximum Gasteiger partial charge on any atom is 0.406 e. The van der Waals surface area contributed by atoms with Gasteiger partial charge < -0.3 is 15.0 Å². The fraction of sp³-hybridized carbons (Fsp3) is 0.529. The Morgan fingerprint density at radius 2 is 1.88 bits per heavy atom. The van der Waals surface area contributed by atoms with Gasteiger partial charge in [-0.1, -0.05) is 0 Å². The molecule has 0 aromatic heterocycles. The number of nitrogens with zero attached hydrogens (tertiary/aromatic N) is 1. The molecule has 0 heterocycles. The molecule has 1 N–H and O–H groups in total. The molecular weight excluding hydrogens is 337 g/mol.